The monoisotopic (exact) mass is 347 g/mol. The molecule has 3 rings (SSSR count). The quantitative estimate of drug-likeness (QED) is 0.522. The largest absolute Gasteiger partial charge is 0.697 e. The lowest BCUT2D eigenvalue weighted by Crippen LogP contribution is -2.16. The lowest BCUT2D eigenvalue weighted by atomic mass is 10.4. The summed E-state index contributed by atoms with van der Waals surface area (Å²) in [6.45, 7) is -0.521. The maximum absolute atomic E-state index is 14.0. The molecule has 1 aliphatic heterocycles. The van der Waals surface area contributed by atoms with Crippen LogP contribution in [0.2, 0.25) is 0 Å². The fourth-order valence-electron chi connectivity index (χ4n) is 1.91. The van der Waals surface area contributed by atoms with Crippen LogP contribution in [-0.2, 0) is 18.6 Å². The molecule has 2 aromatic rings. The highest BCUT2D eigenvalue weighted by atomic mass is 31.1. The van der Waals surface area contributed by atoms with Crippen molar-refractivity contribution >= 4 is 25.2 Å². The summed E-state index contributed by atoms with van der Waals surface area (Å²) >= 11 is 0. The van der Waals surface area contributed by atoms with Crippen LogP contribution in [0.4, 0.5) is 10.2 Å². The Balaban J connectivity index is 0.00000192. The minimum atomic E-state index is -2.80. The molecular formula is C10H13FN6O5P+. The summed E-state index contributed by atoms with van der Waals surface area (Å²) in [4.78, 5) is 20.2. The number of anilines is 1. The summed E-state index contributed by atoms with van der Waals surface area (Å²) < 4.78 is 40.3. The molecule has 0 aliphatic carbocycles. The van der Waals surface area contributed by atoms with Gasteiger partial charge in [0.15, 0.2) is 29.8 Å². The number of imidazole rings is 1. The molecule has 0 fully saturated rings. The number of fused-ring (bicyclic) bond motifs is 1. The van der Waals surface area contributed by atoms with Gasteiger partial charge in [0.05, 0.1) is 6.33 Å². The maximum Gasteiger partial charge on any atom is 0.697 e. The Morgan fingerprint density at radius 1 is 1.48 bits per heavy atom. The molecule has 2 aromatic heterocycles. The van der Waals surface area contributed by atoms with Crippen LogP contribution in [-0.4, -0.2) is 37.5 Å². The molecule has 23 heavy (non-hydrogen) atoms. The van der Waals surface area contributed by atoms with Crippen molar-refractivity contribution < 1.29 is 27.8 Å². The number of aromatic nitrogens is 4. The average Bonchev–Trinajstić information content (AvgIpc) is 3.03. The Labute approximate surface area is 129 Å². The number of hydrogen-bond donors (Lipinski definition) is 3. The van der Waals surface area contributed by atoms with Crippen LogP contribution in [0.5, 0.6) is 0 Å². The second-order valence-corrected chi connectivity index (χ2v) is 4.88. The molecular weight excluding hydrogens is 334 g/mol. The topological polar surface area (TPSA) is 170 Å². The molecule has 13 heteroatoms. The molecule has 0 saturated heterocycles. The second kappa shape index (κ2) is 7.00. The van der Waals surface area contributed by atoms with Gasteiger partial charge in [-0.2, -0.15) is 0 Å². The van der Waals surface area contributed by atoms with E-state index in [1.807, 2.05) is 0 Å². The first-order valence-corrected chi connectivity index (χ1v) is 7.05. The van der Waals surface area contributed by atoms with Gasteiger partial charge >= 0.3 is 8.25 Å². The Kier molecular flexibility index (Phi) is 5.26. The summed E-state index contributed by atoms with van der Waals surface area (Å²) in [5, 5.41) is 0. The normalized spacial score (nSPS) is 21.1. The molecule has 0 bridgehead atoms. The van der Waals surface area contributed by atoms with Gasteiger partial charge in [0.2, 0.25) is 6.79 Å². The van der Waals surface area contributed by atoms with E-state index in [1.54, 1.807) is 0 Å². The fourth-order valence-corrected chi connectivity index (χ4v) is 2.06. The van der Waals surface area contributed by atoms with Crippen molar-refractivity contribution in [2.45, 2.75) is 12.5 Å². The van der Waals surface area contributed by atoms with Gasteiger partial charge in [0.25, 0.3) is 0 Å². The summed E-state index contributed by atoms with van der Waals surface area (Å²) in [5.41, 5.74) is 6.28. The number of halogens is 1. The number of nitrogen functional groups attached to an aromatic ring is 1. The van der Waals surface area contributed by atoms with E-state index in [-0.39, 0.29) is 12.0 Å². The van der Waals surface area contributed by atoms with Gasteiger partial charge in [-0.15, -0.1) is 4.89 Å². The van der Waals surface area contributed by atoms with Gasteiger partial charge in [-0.25, -0.2) is 19.3 Å². The number of rotatable bonds is 5. The minimum Gasteiger partial charge on any atom is -0.382 e. The third-order valence-corrected chi connectivity index (χ3v) is 3.16. The molecule has 124 valence electrons. The Morgan fingerprint density at radius 2 is 2.26 bits per heavy atom. The molecule has 0 saturated carbocycles. The minimum absolute atomic E-state index is 0. The third kappa shape index (κ3) is 3.47. The Bertz CT molecular complexity index is 754. The van der Waals surface area contributed by atoms with Crippen molar-refractivity contribution in [2.75, 3.05) is 12.5 Å². The van der Waals surface area contributed by atoms with Crippen molar-refractivity contribution in [3.8, 4) is 0 Å². The van der Waals surface area contributed by atoms with Crippen LogP contribution < -0.4 is 11.9 Å². The highest BCUT2D eigenvalue weighted by molar-refractivity contribution is 7.32. The van der Waals surface area contributed by atoms with Gasteiger partial charge in [-0.3, -0.25) is 4.57 Å². The zero-order valence-electron chi connectivity index (χ0n) is 11.6. The lowest BCUT2D eigenvalue weighted by Gasteiger charge is -2.15. The zero-order valence-corrected chi connectivity index (χ0v) is 12.5. The van der Waals surface area contributed by atoms with E-state index in [2.05, 4.69) is 19.5 Å². The van der Waals surface area contributed by atoms with E-state index >= 15 is 0 Å². The van der Waals surface area contributed by atoms with Crippen molar-refractivity contribution in [3.63, 3.8) is 0 Å². The van der Waals surface area contributed by atoms with E-state index in [1.165, 1.54) is 17.2 Å². The zero-order chi connectivity index (χ0) is 15.7. The first-order valence-electron chi connectivity index (χ1n) is 5.92. The predicted molar refractivity (Wildman–Crippen MR) is 74.7 cm³/mol. The van der Waals surface area contributed by atoms with Crippen LogP contribution >= 0.6 is 8.25 Å². The van der Waals surface area contributed by atoms with Gasteiger partial charge in [-0.1, -0.05) is 4.52 Å². The summed E-state index contributed by atoms with van der Waals surface area (Å²) in [6, 6.07) is 0. The molecule has 3 heterocycles. The molecule has 3 atom stereocenters. The fraction of sp³-hybridized carbons (Fsp3) is 0.300. The van der Waals surface area contributed by atoms with Crippen LogP contribution in [0.25, 0.3) is 11.2 Å². The van der Waals surface area contributed by atoms with E-state index in [0.717, 1.165) is 6.08 Å². The number of hydrogen-bond acceptors (Lipinski definition) is 9. The predicted octanol–water partition coefficient (Wildman–Crippen LogP) is 0.919. The summed E-state index contributed by atoms with van der Waals surface area (Å²) in [6.07, 6.45) is 1.40. The molecule has 11 nitrogen and oxygen atoms in total. The second-order valence-electron chi connectivity index (χ2n) is 4.14. The van der Waals surface area contributed by atoms with E-state index in [9.17, 15) is 8.96 Å². The molecule has 0 aromatic carbocycles. The van der Waals surface area contributed by atoms with Gasteiger partial charge in [-0.05, 0) is 0 Å². The van der Waals surface area contributed by atoms with E-state index < -0.39 is 33.4 Å². The first-order chi connectivity index (χ1) is 10.6. The molecule has 1 unspecified atom stereocenters. The molecule has 0 radical (unpaired) electrons. The standard InChI is InChI=1S/C10H9FN5O5P.H3N/c11-5-1-6(19-4-20-22(17)18)21-10(5)16-3-15-7-8(12)13-2-14-9(7)16;/h1-3,6,10H,4H2,(H2-,12,13,14,17,18);1H3/p+1/t6-,10+;/m0./s1. The van der Waals surface area contributed by atoms with E-state index in [4.69, 9.17) is 20.1 Å². The van der Waals surface area contributed by atoms with Gasteiger partial charge in [0.1, 0.15) is 11.8 Å². The number of nitrogens with zero attached hydrogens (tertiary/aromatic N) is 4. The first kappa shape index (κ1) is 17.3. The summed E-state index contributed by atoms with van der Waals surface area (Å²) in [5.74, 6) is -0.464. The van der Waals surface area contributed by atoms with Gasteiger partial charge < -0.3 is 21.4 Å². The van der Waals surface area contributed by atoms with E-state index in [0.29, 0.717) is 11.2 Å². The number of ether oxygens (including phenoxy) is 2. The molecule has 1 aliphatic rings. The SMILES string of the molecule is N.Nc1ncnc2c1ncn2[C@@H]1O[C@H](OCO[P+](=O)O)C=C1F. The number of nitrogens with two attached hydrogens (primary N) is 1. The van der Waals surface area contributed by atoms with Crippen molar-refractivity contribution in [1.29, 1.82) is 0 Å². The van der Waals surface area contributed by atoms with Crippen molar-refractivity contribution in [3.05, 3.63) is 24.6 Å². The van der Waals surface area contributed by atoms with Crippen molar-refractivity contribution in [2.24, 2.45) is 0 Å². The molecule has 0 spiro atoms. The third-order valence-electron chi connectivity index (χ3n) is 2.83. The molecule has 0 amide bonds. The van der Waals surface area contributed by atoms with Crippen LogP contribution in [0.1, 0.15) is 6.23 Å². The van der Waals surface area contributed by atoms with Crippen molar-refractivity contribution in [1.82, 2.24) is 25.7 Å². The highest BCUT2D eigenvalue weighted by Gasteiger charge is 2.32. The molecule has 6 N–H and O–H groups in total. The van der Waals surface area contributed by atoms with Crippen LogP contribution in [0.15, 0.2) is 24.6 Å². The Hall–Kier alpha value is -2.08. The average molecular weight is 347 g/mol. The smallest absolute Gasteiger partial charge is 0.382 e. The maximum atomic E-state index is 14.0. The highest BCUT2D eigenvalue weighted by Crippen LogP contribution is 2.33. The Morgan fingerprint density at radius 3 is 3.00 bits per heavy atom. The van der Waals surface area contributed by atoms with Crippen LogP contribution in [0, 0.1) is 0 Å². The van der Waals surface area contributed by atoms with Crippen LogP contribution in [0.3, 0.4) is 0 Å². The van der Waals surface area contributed by atoms with Gasteiger partial charge in [0, 0.05) is 10.6 Å². The lowest BCUT2D eigenvalue weighted by molar-refractivity contribution is -0.168. The summed E-state index contributed by atoms with van der Waals surface area (Å²) in [7, 11) is -2.80.